The highest BCUT2D eigenvalue weighted by molar-refractivity contribution is 7.87. The quantitative estimate of drug-likeness (QED) is 0.151. The lowest BCUT2D eigenvalue weighted by molar-refractivity contribution is -0.147. The van der Waals surface area contributed by atoms with E-state index < -0.39 is 33.7 Å². The van der Waals surface area contributed by atoms with Crippen molar-refractivity contribution in [2.75, 3.05) is 13.2 Å². The van der Waals surface area contributed by atoms with Gasteiger partial charge in [0.1, 0.15) is 6.61 Å². The second kappa shape index (κ2) is 14.2. The molecule has 156 valence electrons. The van der Waals surface area contributed by atoms with E-state index in [1.54, 1.807) is 0 Å². The van der Waals surface area contributed by atoms with Gasteiger partial charge in [-0.2, -0.15) is 8.42 Å². The van der Waals surface area contributed by atoms with Gasteiger partial charge in [-0.25, -0.2) is 0 Å². The molecule has 3 N–H and O–H groups in total. The number of carboxylic acid groups (broad SMARTS) is 1. The van der Waals surface area contributed by atoms with Gasteiger partial charge in [0.15, 0.2) is 5.25 Å². The van der Waals surface area contributed by atoms with E-state index in [2.05, 4.69) is 16.6 Å². The Morgan fingerprint density at radius 1 is 1.07 bits per heavy atom. The number of aliphatic carboxylic acids is 1. The van der Waals surface area contributed by atoms with Gasteiger partial charge in [-0.1, -0.05) is 31.8 Å². The van der Waals surface area contributed by atoms with E-state index in [4.69, 9.17) is 9.66 Å². The molecule has 0 aliphatic heterocycles. The van der Waals surface area contributed by atoms with Crippen LogP contribution in [0.25, 0.3) is 0 Å². The minimum absolute atomic E-state index is 0.0374. The van der Waals surface area contributed by atoms with Gasteiger partial charge in [-0.05, 0) is 19.3 Å². The molecule has 0 saturated heterocycles. The molecule has 0 heterocycles. The summed E-state index contributed by atoms with van der Waals surface area (Å²) in [4.78, 5) is 33.7. The van der Waals surface area contributed by atoms with Crippen LogP contribution in [0, 0.1) is 0 Å². The first-order chi connectivity index (χ1) is 12.7. The number of amides is 1. The SMILES string of the molecule is C=CCCCCCCCCC(=O)NCCOC(=O)C[C@@H](C(=O)O)S(=O)(=O)O. The van der Waals surface area contributed by atoms with Crippen LogP contribution in [0.3, 0.4) is 0 Å². The third-order valence-electron chi connectivity index (χ3n) is 3.74. The van der Waals surface area contributed by atoms with E-state index in [1.165, 1.54) is 0 Å². The number of esters is 1. The third-order valence-corrected chi connectivity index (χ3v) is 4.82. The Labute approximate surface area is 159 Å². The van der Waals surface area contributed by atoms with Crippen LogP contribution in [0.15, 0.2) is 12.7 Å². The zero-order chi connectivity index (χ0) is 20.7. The first-order valence-electron chi connectivity index (χ1n) is 8.90. The summed E-state index contributed by atoms with van der Waals surface area (Å²) in [5.41, 5.74) is 0. The maximum Gasteiger partial charge on any atom is 0.325 e. The molecule has 0 aromatic carbocycles. The molecule has 0 rings (SSSR count). The van der Waals surface area contributed by atoms with Gasteiger partial charge in [0.2, 0.25) is 5.91 Å². The summed E-state index contributed by atoms with van der Waals surface area (Å²) in [6.45, 7) is 3.49. The molecule has 9 nitrogen and oxygen atoms in total. The Morgan fingerprint density at radius 3 is 2.22 bits per heavy atom. The molecule has 1 atom stereocenters. The lowest BCUT2D eigenvalue weighted by Gasteiger charge is -2.10. The molecule has 10 heteroatoms. The number of carboxylic acids is 1. The smallest absolute Gasteiger partial charge is 0.325 e. The lowest BCUT2D eigenvalue weighted by atomic mass is 10.1. The van der Waals surface area contributed by atoms with Gasteiger partial charge in [0.25, 0.3) is 10.1 Å². The lowest BCUT2D eigenvalue weighted by Crippen LogP contribution is -2.33. The molecule has 0 unspecified atom stereocenters. The van der Waals surface area contributed by atoms with E-state index in [0.29, 0.717) is 6.42 Å². The molecular weight excluding hydrogens is 378 g/mol. The molecule has 0 aliphatic carbocycles. The minimum Gasteiger partial charge on any atom is -0.480 e. The summed E-state index contributed by atoms with van der Waals surface area (Å²) in [6.07, 6.45) is 8.51. The highest BCUT2D eigenvalue weighted by atomic mass is 32.2. The number of nitrogens with one attached hydrogen (secondary N) is 1. The zero-order valence-corrected chi connectivity index (χ0v) is 16.2. The maximum absolute atomic E-state index is 11.6. The fourth-order valence-electron chi connectivity index (χ4n) is 2.26. The average molecular weight is 407 g/mol. The summed E-state index contributed by atoms with van der Waals surface area (Å²) < 4.78 is 35.1. The standard InChI is InChI=1S/C17H29NO8S/c1-2-3-4-5-6-7-8-9-10-15(19)18-11-12-26-16(20)13-14(17(21)22)27(23,24)25/h2,14H,1,3-13H2,(H,18,19)(H,21,22)(H,23,24,25)/t14-/m0/s1. The fourth-order valence-corrected chi connectivity index (χ4v) is 2.86. The Kier molecular flexibility index (Phi) is 13.1. The van der Waals surface area contributed by atoms with Gasteiger partial charge in [0, 0.05) is 6.42 Å². The topological polar surface area (TPSA) is 147 Å². The van der Waals surface area contributed by atoms with Crippen molar-refractivity contribution < 1.29 is 37.2 Å². The Hall–Kier alpha value is -1.94. The highest BCUT2D eigenvalue weighted by Gasteiger charge is 2.33. The normalized spacial score (nSPS) is 12.2. The number of hydrogen-bond acceptors (Lipinski definition) is 6. The van der Waals surface area contributed by atoms with Crippen LogP contribution < -0.4 is 5.32 Å². The van der Waals surface area contributed by atoms with Gasteiger partial charge in [0.05, 0.1) is 13.0 Å². The van der Waals surface area contributed by atoms with Crippen LogP contribution in [0.4, 0.5) is 0 Å². The molecule has 0 spiro atoms. The second-order valence-electron chi connectivity index (χ2n) is 6.07. The van der Waals surface area contributed by atoms with Crippen molar-refractivity contribution >= 4 is 28.0 Å². The average Bonchev–Trinajstić information content (AvgIpc) is 2.57. The van der Waals surface area contributed by atoms with Gasteiger partial charge >= 0.3 is 11.9 Å². The van der Waals surface area contributed by atoms with Crippen molar-refractivity contribution in [3.05, 3.63) is 12.7 Å². The summed E-state index contributed by atoms with van der Waals surface area (Å²) in [7, 11) is -4.90. The van der Waals surface area contributed by atoms with Gasteiger partial charge in [-0.15, -0.1) is 6.58 Å². The monoisotopic (exact) mass is 407 g/mol. The van der Waals surface area contributed by atoms with Crippen LogP contribution >= 0.6 is 0 Å². The number of hydrogen-bond donors (Lipinski definition) is 3. The Morgan fingerprint density at radius 2 is 1.67 bits per heavy atom. The Bertz CT molecular complexity index is 588. The molecule has 0 aromatic rings. The molecular formula is C17H29NO8S. The van der Waals surface area contributed by atoms with Crippen molar-refractivity contribution in [2.45, 2.75) is 63.0 Å². The number of carbonyl (C=O) groups is 3. The van der Waals surface area contributed by atoms with E-state index in [1.807, 2.05) is 6.08 Å². The molecule has 0 saturated carbocycles. The summed E-state index contributed by atoms with van der Waals surface area (Å²) >= 11 is 0. The molecule has 1 amide bonds. The highest BCUT2D eigenvalue weighted by Crippen LogP contribution is 2.09. The number of ether oxygens (including phenoxy) is 1. The van der Waals surface area contributed by atoms with E-state index >= 15 is 0 Å². The van der Waals surface area contributed by atoms with Gasteiger partial charge in [-0.3, -0.25) is 18.9 Å². The minimum atomic E-state index is -4.90. The maximum atomic E-state index is 11.6. The number of unbranched alkanes of at least 4 members (excludes halogenated alkanes) is 6. The summed E-state index contributed by atoms with van der Waals surface area (Å²) in [5, 5.41) is 8.95. The van der Waals surface area contributed by atoms with Crippen LogP contribution in [0.2, 0.25) is 0 Å². The summed E-state index contributed by atoms with van der Waals surface area (Å²) in [6, 6.07) is 0. The van der Waals surface area contributed by atoms with Crippen LogP contribution in [-0.4, -0.2) is 54.3 Å². The van der Waals surface area contributed by atoms with Crippen LogP contribution in [0.1, 0.15) is 57.8 Å². The van der Waals surface area contributed by atoms with E-state index in [-0.39, 0.29) is 19.1 Å². The largest absolute Gasteiger partial charge is 0.480 e. The number of allylic oxidation sites excluding steroid dienone is 1. The number of carbonyl (C=O) groups excluding carboxylic acids is 2. The van der Waals surface area contributed by atoms with Crippen molar-refractivity contribution in [3.63, 3.8) is 0 Å². The van der Waals surface area contributed by atoms with Crippen molar-refractivity contribution in [3.8, 4) is 0 Å². The van der Waals surface area contributed by atoms with Crippen molar-refractivity contribution in [1.29, 1.82) is 0 Å². The zero-order valence-electron chi connectivity index (χ0n) is 15.4. The fraction of sp³-hybridized carbons (Fsp3) is 0.706. The van der Waals surface area contributed by atoms with Crippen molar-refractivity contribution in [1.82, 2.24) is 5.32 Å². The third kappa shape index (κ3) is 13.9. The van der Waals surface area contributed by atoms with Crippen LogP contribution in [0.5, 0.6) is 0 Å². The first kappa shape index (κ1) is 25.1. The predicted molar refractivity (Wildman–Crippen MR) is 98.7 cm³/mol. The molecule has 0 bridgehead atoms. The Balaban J connectivity index is 3.76. The molecule has 0 fully saturated rings. The first-order valence-corrected chi connectivity index (χ1v) is 10.4. The van der Waals surface area contributed by atoms with Gasteiger partial charge < -0.3 is 15.2 Å². The molecule has 0 aliphatic rings. The summed E-state index contributed by atoms with van der Waals surface area (Å²) in [5.74, 6) is -3.12. The molecule has 27 heavy (non-hydrogen) atoms. The van der Waals surface area contributed by atoms with E-state index in [9.17, 15) is 22.8 Å². The van der Waals surface area contributed by atoms with E-state index in [0.717, 1.165) is 44.9 Å². The van der Waals surface area contributed by atoms with Crippen LogP contribution in [-0.2, 0) is 29.2 Å². The predicted octanol–water partition coefficient (Wildman–Crippen LogP) is 1.68. The number of rotatable bonds is 16. The second-order valence-corrected chi connectivity index (χ2v) is 7.66. The molecule has 0 aromatic heterocycles. The molecule has 0 radical (unpaired) electrons. The van der Waals surface area contributed by atoms with Crippen molar-refractivity contribution in [2.24, 2.45) is 0 Å².